The third-order valence-electron chi connectivity index (χ3n) is 3.63. The van der Waals surface area contributed by atoms with E-state index in [1.165, 1.54) is 38.8 Å². The highest BCUT2D eigenvalue weighted by Gasteiger charge is 2.25. The lowest BCUT2D eigenvalue weighted by Crippen LogP contribution is -2.41. The Bertz CT molecular complexity index is 178. The van der Waals surface area contributed by atoms with Gasteiger partial charge in [0.1, 0.15) is 0 Å². The molecule has 2 fully saturated rings. The molecule has 2 saturated heterocycles. The standard InChI is InChI=1S/C12H23NO2/c14-12-5-8-15-10-11(12)9-13-6-3-1-2-4-7-13/h11-12,14H,1-10H2. The van der Waals surface area contributed by atoms with Gasteiger partial charge in [0.05, 0.1) is 12.7 Å². The van der Waals surface area contributed by atoms with Crippen molar-refractivity contribution in [3.05, 3.63) is 0 Å². The van der Waals surface area contributed by atoms with Crippen LogP contribution < -0.4 is 0 Å². The number of hydrogen-bond donors (Lipinski definition) is 1. The molecule has 88 valence electrons. The van der Waals surface area contributed by atoms with E-state index < -0.39 is 0 Å². The lowest BCUT2D eigenvalue weighted by molar-refractivity contribution is -0.0463. The van der Waals surface area contributed by atoms with Crippen molar-refractivity contribution in [3.8, 4) is 0 Å². The lowest BCUT2D eigenvalue weighted by Gasteiger charge is -2.32. The third-order valence-corrected chi connectivity index (χ3v) is 3.63. The van der Waals surface area contributed by atoms with Gasteiger partial charge in [0.2, 0.25) is 0 Å². The third kappa shape index (κ3) is 3.44. The average molecular weight is 213 g/mol. The Hall–Kier alpha value is -0.120. The summed E-state index contributed by atoms with van der Waals surface area (Å²) < 4.78 is 5.44. The van der Waals surface area contributed by atoms with E-state index in [1.807, 2.05) is 0 Å². The summed E-state index contributed by atoms with van der Waals surface area (Å²) in [7, 11) is 0. The summed E-state index contributed by atoms with van der Waals surface area (Å²) in [6.45, 7) is 4.93. The quantitative estimate of drug-likeness (QED) is 0.749. The molecule has 0 radical (unpaired) electrons. The average Bonchev–Trinajstić information content (AvgIpc) is 2.50. The molecule has 2 atom stereocenters. The van der Waals surface area contributed by atoms with Gasteiger partial charge < -0.3 is 14.7 Å². The molecule has 2 rings (SSSR count). The molecule has 2 heterocycles. The molecule has 0 saturated carbocycles. The van der Waals surface area contributed by atoms with E-state index in [0.717, 1.165) is 26.2 Å². The van der Waals surface area contributed by atoms with Crippen LogP contribution >= 0.6 is 0 Å². The maximum absolute atomic E-state index is 9.86. The fourth-order valence-corrected chi connectivity index (χ4v) is 2.61. The largest absolute Gasteiger partial charge is 0.393 e. The Morgan fingerprint density at radius 3 is 2.53 bits per heavy atom. The first-order chi connectivity index (χ1) is 7.36. The van der Waals surface area contributed by atoms with Crippen LogP contribution in [0.2, 0.25) is 0 Å². The van der Waals surface area contributed by atoms with E-state index in [0.29, 0.717) is 5.92 Å². The highest BCUT2D eigenvalue weighted by Crippen LogP contribution is 2.18. The summed E-state index contributed by atoms with van der Waals surface area (Å²) in [6.07, 6.45) is 6.08. The molecule has 0 aromatic heterocycles. The Morgan fingerprint density at radius 2 is 1.87 bits per heavy atom. The van der Waals surface area contributed by atoms with E-state index in [4.69, 9.17) is 4.74 Å². The molecule has 2 unspecified atom stereocenters. The Balaban J connectivity index is 1.78. The SMILES string of the molecule is OC1CCOCC1CN1CCCCCC1. The molecule has 15 heavy (non-hydrogen) atoms. The van der Waals surface area contributed by atoms with Gasteiger partial charge in [-0.1, -0.05) is 12.8 Å². The van der Waals surface area contributed by atoms with Crippen LogP contribution in [0, 0.1) is 5.92 Å². The fourth-order valence-electron chi connectivity index (χ4n) is 2.61. The van der Waals surface area contributed by atoms with Crippen LogP contribution in [-0.2, 0) is 4.74 Å². The van der Waals surface area contributed by atoms with Crippen molar-refractivity contribution >= 4 is 0 Å². The lowest BCUT2D eigenvalue weighted by atomic mass is 9.98. The topological polar surface area (TPSA) is 32.7 Å². The molecule has 3 heteroatoms. The molecule has 2 aliphatic rings. The predicted octanol–water partition coefficient (Wildman–Crippen LogP) is 1.26. The van der Waals surface area contributed by atoms with Crippen LogP contribution in [-0.4, -0.2) is 49.0 Å². The van der Waals surface area contributed by atoms with Gasteiger partial charge in [-0.25, -0.2) is 0 Å². The van der Waals surface area contributed by atoms with Crippen LogP contribution in [0.25, 0.3) is 0 Å². The van der Waals surface area contributed by atoms with Crippen molar-refractivity contribution in [1.29, 1.82) is 0 Å². The second-order valence-electron chi connectivity index (χ2n) is 4.91. The number of hydrogen-bond acceptors (Lipinski definition) is 3. The number of ether oxygens (including phenoxy) is 1. The number of aliphatic hydroxyl groups is 1. The van der Waals surface area contributed by atoms with E-state index in [9.17, 15) is 5.11 Å². The first-order valence-corrected chi connectivity index (χ1v) is 6.34. The normalized spacial score (nSPS) is 35.0. The summed E-state index contributed by atoms with van der Waals surface area (Å²) in [6, 6.07) is 0. The van der Waals surface area contributed by atoms with Crippen molar-refractivity contribution in [2.75, 3.05) is 32.8 Å². The Morgan fingerprint density at radius 1 is 1.13 bits per heavy atom. The van der Waals surface area contributed by atoms with Crippen LogP contribution in [0.4, 0.5) is 0 Å². The summed E-state index contributed by atoms with van der Waals surface area (Å²) >= 11 is 0. The number of rotatable bonds is 2. The van der Waals surface area contributed by atoms with Gasteiger partial charge in [-0.3, -0.25) is 0 Å². The maximum Gasteiger partial charge on any atom is 0.0624 e. The Labute approximate surface area is 92.4 Å². The van der Waals surface area contributed by atoms with Crippen molar-refractivity contribution < 1.29 is 9.84 Å². The van der Waals surface area contributed by atoms with Crippen molar-refractivity contribution in [2.45, 2.75) is 38.2 Å². The van der Waals surface area contributed by atoms with E-state index in [-0.39, 0.29) is 6.10 Å². The zero-order valence-electron chi connectivity index (χ0n) is 9.53. The van der Waals surface area contributed by atoms with Crippen LogP contribution in [0.15, 0.2) is 0 Å². The zero-order valence-corrected chi connectivity index (χ0v) is 9.53. The summed E-state index contributed by atoms with van der Waals surface area (Å²) in [5.41, 5.74) is 0. The van der Waals surface area contributed by atoms with Crippen LogP contribution in [0.1, 0.15) is 32.1 Å². The first kappa shape index (κ1) is 11.4. The smallest absolute Gasteiger partial charge is 0.0624 e. The van der Waals surface area contributed by atoms with Gasteiger partial charge in [-0.2, -0.15) is 0 Å². The second-order valence-corrected chi connectivity index (χ2v) is 4.91. The summed E-state index contributed by atoms with van der Waals surface area (Å²) in [4.78, 5) is 2.51. The van der Waals surface area contributed by atoms with Gasteiger partial charge in [0, 0.05) is 19.1 Å². The minimum Gasteiger partial charge on any atom is -0.393 e. The number of nitrogens with zero attached hydrogens (tertiary/aromatic N) is 1. The van der Waals surface area contributed by atoms with Gasteiger partial charge in [0.25, 0.3) is 0 Å². The van der Waals surface area contributed by atoms with E-state index in [2.05, 4.69) is 4.90 Å². The van der Waals surface area contributed by atoms with Gasteiger partial charge in [-0.05, 0) is 32.4 Å². The molecule has 0 spiro atoms. The van der Waals surface area contributed by atoms with Crippen molar-refractivity contribution in [1.82, 2.24) is 4.90 Å². The maximum atomic E-state index is 9.86. The van der Waals surface area contributed by atoms with Gasteiger partial charge >= 0.3 is 0 Å². The molecule has 0 aromatic carbocycles. The van der Waals surface area contributed by atoms with Crippen molar-refractivity contribution in [3.63, 3.8) is 0 Å². The molecule has 0 aliphatic carbocycles. The van der Waals surface area contributed by atoms with E-state index in [1.54, 1.807) is 0 Å². The highest BCUT2D eigenvalue weighted by atomic mass is 16.5. The monoisotopic (exact) mass is 213 g/mol. The van der Waals surface area contributed by atoms with Gasteiger partial charge in [0.15, 0.2) is 0 Å². The fraction of sp³-hybridized carbons (Fsp3) is 1.00. The molecule has 0 bridgehead atoms. The van der Waals surface area contributed by atoms with Gasteiger partial charge in [-0.15, -0.1) is 0 Å². The number of likely N-dealkylation sites (tertiary alicyclic amines) is 1. The molecular weight excluding hydrogens is 190 g/mol. The molecule has 2 aliphatic heterocycles. The summed E-state index contributed by atoms with van der Waals surface area (Å²) in [5.74, 6) is 0.344. The number of aliphatic hydroxyl groups excluding tert-OH is 1. The van der Waals surface area contributed by atoms with Crippen LogP contribution in [0.5, 0.6) is 0 Å². The molecule has 0 amide bonds. The molecule has 3 nitrogen and oxygen atoms in total. The summed E-state index contributed by atoms with van der Waals surface area (Å²) in [5, 5.41) is 9.86. The minimum atomic E-state index is -0.137. The molecule has 0 aromatic rings. The Kier molecular flexibility index (Phi) is 4.42. The first-order valence-electron chi connectivity index (χ1n) is 6.34. The van der Waals surface area contributed by atoms with E-state index >= 15 is 0 Å². The minimum absolute atomic E-state index is 0.137. The van der Waals surface area contributed by atoms with Crippen LogP contribution in [0.3, 0.4) is 0 Å². The zero-order chi connectivity index (χ0) is 10.5. The molecule has 1 N–H and O–H groups in total. The molecular formula is C12H23NO2. The predicted molar refractivity (Wildman–Crippen MR) is 59.8 cm³/mol. The second kappa shape index (κ2) is 5.83. The van der Waals surface area contributed by atoms with Crippen molar-refractivity contribution in [2.24, 2.45) is 5.92 Å². The highest BCUT2D eigenvalue weighted by molar-refractivity contribution is 4.77.